The molecule has 0 saturated carbocycles. The van der Waals surface area contributed by atoms with Crippen molar-refractivity contribution in [1.29, 1.82) is 0 Å². The molecular formula is C10H12N3O. The minimum atomic E-state index is -0.460. The Bertz CT molecular complexity index is 377. The maximum Gasteiger partial charge on any atom is 0.334 e. The maximum absolute atomic E-state index is 11.2. The van der Waals surface area contributed by atoms with Gasteiger partial charge in [0.25, 0.3) is 0 Å². The Morgan fingerprint density at radius 3 is 3.00 bits per heavy atom. The molecule has 2 rings (SSSR count). The highest BCUT2D eigenvalue weighted by Gasteiger charge is 2.33. The van der Waals surface area contributed by atoms with Crippen molar-refractivity contribution in [3.05, 3.63) is 29.8 Å². The molecule has 1 radical (unpaired) electrons. The van der Waals surface area contributed by atoms with E-state index in [4.69, 9.17) is 5.73 Å². The Kier molecular flexibility index (Phi) is 1.93. The molecule has 0 aliphatic carbocycles. The lowest BCUT2D eigenvalue weighted by atomic mass is 10.1. The Morgan fingerprint density at radius 2 is 2.36 bits per heavy atom. The number of hydrogen-bond donors (Lipinski definition) is 1. The van der Waals surface area contributed by atoms with Crippen LogP contribution in [0.2, 0.25) is 0 Å². The number of fused-ring (bicyclic) bond motifs is 1. The van der Waals surface area contributed by atoms with E-state index >= 15 is 0 Å². The van der Waals surface area contributed by atoms with Crippen LogP contribution < -0.4 is 10.7 Å². The molecule has 1 aromatic carbocycles. The van der Waals surface area contributed by atoms with Crippen molar-refractivity contribution in [2.45, 2.75) is 13.0 Å². The van der Waals surface area contributed by atoms with Crippen molar-refractivity contribution in [1.82, 2.24) is 5.01 Å². The predicted octanol–water partition coefficient (Wildman–Crippen LogP) is 1.29. The van der Waals surface area contributed by atoms with Crippen molar-refractivity contribution in [2.75, 3.05) is 12.1 Å². The summed E-state index contributed by atoms with van der Waals surface area (Å²) in [7, 11) is 1.84. The molecule has 0 spiro atoms. The molecule has 1 atom stereocenters. The van der Waals surface area contributed by atoms with Crippen molar-refractivity contribution >= 4 is 11.7 Å². The lowest BCUT2D eigenvalue weighted by molar-refractivity contribution is 0.222. The standard InChI is InChI=1S/C10H12N3O/c1-7-8-5-3-4-6-9(8)13(10(11)14)12(7)2/h3,5-7H,1-2H3,(H2,11,14). The second-order valence-electron chi connectivity index (χ2n) is 3.38. The van der Waals surface area contributed by atoms with E-state index in [1.54, 1.807) is 6.07 Å². The Balaban J connectivity index is 2.53. The van der Waals surface area contributed by atoms with Gasteiger partial charge in [0.05, 0.1) is 11.7 Å². The largest absolute Gasteiger partial charge is 0.350 e. The molecule has 14 heavy (non-hydrogen) atoms. The zero-order valence-corrected chi connectivity index (χ0v) is 8.19. The quantitative estimate of drug-likeness (QED) is 0.670. The number of benzene rings is 1. The van der Waals surface area contributed by atoms with Crippen molar-refractivity contribution in [3.8, 4) is 0 Å². The van der Waals surface area contributed by atoms with Gasteiger partial charge in [-0.1, -0.05) is 12.1 Å². The fourth-order valence-corrected chi connectivity index (χ4v) is 1.79. The van der Waals surface area contributed by atoms with Gasteiger partial charge in [-0.25, -0.2) is 14.8 Å². The molecule has 1 unspecified atom stereocenters. The van der Waals surface area contributed by atoms with Gasteiger partial charge in [0.1, 0.15) is 0 Å². The minimum Gasteiger partial charge on any atom is -0.350 e. The monoisotopic (exact) mass is 190 g/mol. The average Bonchev–Trinajstić information content (AvgIpc) is 2.41. The van der Waals surface area contributed by atoms with E-state index in [0.29, 0.717) is 0 Å². The van der Waals surface area contributed by atoms with Crippen LogP contribution in [0.25, 0.3) is 0 Å². The second-order valence-corrected chi connectivity index (χ2v) is 3.38. The van der Waals surface area contributed by atoms with Gasteiger partial charge >= 0.3 is 6.03 Å². The molecule has 0 fully saturated rings. The summed E-state index contributed by atoms with van der Waals surface area (Å²) in [5.41, 5.74) is 7.23. The number of amides is 2. The van der Waals surface area contributed by atoms with Gasteiger partial charge in [0.2, 0.25) is 0 Å². The molecule has 1 aliphatic heterocycles. The summed E-state index contributed by atoms with van der Waals surface area (Å²) < 4.78 is 0. The third-order valence-corrected chi connectivity index (χ3v) is 2.64. The lowest BCUT2D eigenvalue weighted by Gasteiger charge is -2.25. The number of primary amides is 1. The fraction of sp³-hybridized carbons (Fsp3) is 0.300. The van der Waals surface area contributed by atoms with Crippen molar-refractivity contribution < 1.29 is 4.79 Å². The number of carbonyl (C=O) groups is 1. The van der Waals surface area contributed by atoms with Crippen LogP contribution in [-0.4, -0.2) is 18.1 Å². The van der Waals surface area contributed by atoms with E-state index in [0.717, 1.165) is 11.3 Å². The SMILES string of the molecule is CC1c2cc[c]cc2N(C(N)=O)N1C. The molecule has 2 N–H and O–H groups in total. The first-order valence-corrected chi connectivity index (χ1v) is 4.45. The lowest BCUT2D eigenvalue weighted by Crippen LogP contribution is -2.44. The number of carbonyl (C=O) groups excluding carboxylic acids is 1. The van der Waals surface area contributed by atoms with Gasteiger partial charge in [0.15, 0.2) is 0 Å². The van der Waals surface area contributed by atoms with E-state index < -0.39 is 6.03 Å². The zero-order valence-electron chi connectivity index (χ0n) is 8.19. The third kappa shape index (κ3) is 1.08. The first-order chi connectivity index (χ1) is 6.63. The zero-order chi connectivity index (χ0) is 10.3. The first-order valence-electron chi connectivity index (χ1n) is 4.45. The topological polar surface area (TPSA) is 49.6 Å². The number of hydrazine groups is 1. The molecular weight excluding hydrogens is 178 g/mol. The highest BCUT2D eigenvalue weighted by atomic mass is 16.2. The molecule has 1 aromatic rings. The number of urea groups is 1. The number of anilines is 1. The van der Waals surface area contributed by atoms with Crippen LogP contribution in [0.1, 0.15) is 18.5 Å². The van der Waals surface area contributed by atoms with Gasteiger partial charge in [-0.2, -0.15) is 0 Å². The Morgan fingerprint density at radius 1 is 1.64 bits per heavy atom. The van der Waals surface area contributed by atoms with Crippen LogP contribution in [0.3, 0.4) is 0 Å². The summed E-state index contributed by atoms with van der Waals surface area (Å²) in [5, 5.41) is 3.29. The number of rotatable bonds is 0. The van der Waals surface area contributed by atoms with E-state index in [9.17, 15) is 4.79 Å². The van der Waals surface area contributed by atoms with Crippen LogP contribution in [0.5, 0.6) is 0 Å². The Hall–Kier alpha value is -1.55. The summed E-state index contributed by atoms with van der Waals surface area (Å²) in [6.07, 6.45) is 0. The summed E-state index contributed by atoms with van der Waals surface area (Å²) >= 11 is 0. The predicted molar refractivity (Wildman–Crippen MR) is 53.5 cm³/mol. The van der Waals surface area contributed by atoms with E-state index in [-0.39, 0.29) is 6.04 Å². The molecule has 0 aromatic heterocycles. The highest BCUT2D eigenvalue weighted by Crippen LogP contribution is 2.37. The molecule has 1 heterocycles. The second kappa shape index (κ2) is 2.99. The van der Waals surface area contributed by atoms with E-state index in [1.165, 1.54) is 5.01 Å². The van der Waals surface area contributed by atoms with Gasteiger partial charge in [0, 0.05) is 7.05 Å². The van der Waals surface area contributed by atoms with Crippen LogP contribution >= 0.6 is 0 Å². The molecule has 4 heteroatoms. The minimum absolute atomic E-state index is 0.173. The molecule has 73 valence electrons. The highest BCUT2D eigenvalue weighted by molar-refractivity contribution is 5.92. The summed E-state index contributed by atoms with van der Waals surface area (Å²) in [4.78, 5) is 11.2. The van der Waals surface area contributed by atoms with Crippen LogP contribution in [-0.2, 0) is 0 Å². The van der Waals surface area contributed by atoms with Gasteiger partial charge in [-0.3, -0.25) is 0 Å². The smallest absolute Gasteiger partial charge is 0.334 e. The number of hydrogen-bond acceptors (Lipinski definition) is 2. The third-order valence-electron chi connectivity index (χ3n) is 2.64. The van der Waals surface area contributed by atoms with Crippen LogP contribution in [0.4, 0.5) is 10.5 Å². The summed E-state index contributed by atoms with van der Waals surface area (Å²) in [5.74, 6) is 0. The van der Waals surface area contributed by atoms with Crippen molar-refractivity contribution in [3.63, 3.8) is 0 Å². The molecule has 0 saturated heterocycles. The summed E-state index contributed by atoms with van der Waals surface area (Å²) in [6, 6.07) is 8.23. The molecule has 1 aliphatic rings. The first kappa shape index (κ1) is 9.02. The summed E-state index contributed by atoms with van der Waals surface area (Å²) in [6.45, 7) is 2.03. The van der Waals surface area contributed by atoms with E-state index in [1.807, 2.05) is 31.1 Å². The van der Waals surface area contributed by atoms with Crippen LogP contribution in [0, 0.1) is 6.07 Å². The van der Waals surface area contributed by atoms with E-state index in [2.05, 4.69) is 6.07 Å². The van der Waals surface area contributed by atoms with Gasteiger partial charge in [-0.05, 0) is 24.6 Å². The van der Waals surface area contributed by atoms with Crippen molar-refractivity contribution in [2.24, 2.45) is 5.73 Å². The molecule has 0 bridgehead atoms. The number of nitrogens with zero attached hydrogens (tertiary/aromatic N) is 2. The maximum atomic E-state index is 11.2. The fourth-order valence-electron chi connectivity index (χ4n) is 1.79. The van der Waals surface area contributed by atoms with Gasteiger partial charge < -0.3 is 5.73 Å². The normalized spacial score (nSPS) is 21.0. The van der Waals surface area contributed by atoms with Crippen LogP contribution in [0.15, 0.2) is 18.2 Å². The van der Waals surface area contributed by atoms with Gasteiger partial charge in [-0.15, -0.1) is 0 Å². The average molecular weight is 190 g/mol. The number of nitrogens with two attached hydrogens (primary N) is 1. The molecule has 4 nitrogen and oxygen atoms in total. The molecule has 2 amide bonds. The Labute approximate surface area is 82.9 Å².